The summed E-state index contributed by atoms with van der Waals surface area (Å²) in [5.41, 5.74) is 7.93. The molecule has 5 heteroatoms. The summed E-state index contributed by atoms with van der Waals surface area (Å²) in [6, 6.07) is 5.74. The molecule has 1 saturated carbocycles. The molecule has 1 amide bonds. The van der Waals surface area contributed by atoms with Gasteiger partial charge in [-0.3, -0.25) is 4.79 Å². The number of aryl methyl sites for hydroxylation is 1. The molecule has 1 aromatic carbocycles. The maximum Gasteiger partial charge on any atom is 0.254 e. The van der Waals surface area contributed by atoms with Crippen LogP contribution in [0.1, 0.15) is 35.2 Å². The predicted molar refractivity (Wildman–Crippen MR) is 88.1 cm³/mol. The summed E-state index contributed by atoms with van der Waals surface area (Å²) in [7, 11) is 0. The number of nitrogens with zero attached hydrogens (tertiary/aromatic N) is 1. The molecule has 1 aliphatic heterocycles. The molecule has 3 atom stereocenters. The van der Waals surface area contributed by atoms with Gasteiger partial charge >= 0.3 is 0 Å². The zero-order valence-electron chi connectivity index (χ0n) is 12.2. The largest absolute Gasteiger partial charge is 0.338 e. The minimum atomic E-state index is 0. The molecule has 3 unspecified atom stereocenters. The molecule has 0 spiro atoms. The summed E-state index contributed by atoms with van der Waals surface area (Å²) in [4.78, 5) is 14.7. The number of hydrogen-bond donors (Lipinski definition) is 1. The molecule has 2 aliphatic rings. The number of nitrogens with two attached hydrogens (primary N) is 1. The van der Waals surface area contributed by atoms with Crippen LogP contribution in [0.4, 0.5) is 0 Å². The lowest BCUT2D eigenvalue weighted by atomic mass is 9.78. The summed E-state index contributed by atoms with van der Waals surface area (Å²) in [6.45, 7) is 3.61. The molecule has 2 N–H and O–H groups in total. The summed E-state index contributed by atoms with van der Waals surface area (Å²) in [6.07, 6.45) is 3.51. The summed E-state index contributed by atoms with van der Waals surface area (Å²) < 4.78 is 0. The third-order valence-electron chi connectivity index (χ3n) is 4.86. The Morgan fingerprint density at radius 3 is 2.76 bits per heavy atom. The number of rotatable bonds is 1. The number of fused-ring (bicyclic) bond motifs is 1. The minimum Gasteiger partial charge on any atom is -0.338 e. The normalized spacial score (nSPS) is 28.0. The van der Waals surface area contributed by atoms with Gasteiger partial charge in [-0.05, 0) is 55.4 Å². The number of hydrogen-bond acceptors (Lipinski definition) is 2. The van der Waals surface area contributed by atoms with Gasteiger partial charge in [-0.15, -0.1) is 12.4 Å². The first-order valence-electron chi connectivity index (χ1n) is 7.37. The maximum absolute atomic E-state index is 12.7. The van der Waals surface area contributed by atoms with Crippen molar-refractivity contribution in [1.29, 1.82) is 0 Å². The molecule has 0 aromatic heterocycles. The molecule has 21 heavy (non-hydrogen) atoms. The number of benzene rings is 1. The van der Waals surface area contributed by atoms with E-state index in [9.17, 15) is 4.79 Å². The standard InChI is InChI=1S/C16H21ClN2O.ClH/c1-10-7-12(17)5-6-13(10)16(20)19-8-11-3-2-4-15(18)14(11)9-19;/h5-7,11,14-15H,2-4,8-9,18H2,1H3;1H. The average Bonchev–Trinajstić information content (AvgIpc) is 2.83. The van der Waals surface area contributed by atoms with Crippen molar-refractivity contribution < 1.29 is 4.79 Å². The van der Waals surface area contributed by atoms with Crippen LogP contribution in [0, 0.1) is 18.8 Å². The van der Waals surface area contributed by atoms with Gasteiger partial charge in [0.15, 0.2) is 0 Å². The third-order valence-corrected chi connectivity index (χ3v) is 5.10. The highest BCUT2D eigenvalue weighted by Crippen LogP contribution is 2.36. The molecule has 0 radical (unpaired) electrons. The van der Waals surface area contributed by atoms with Crippen molar-refractivity contribution in [3.63, 3.8) is 0 Å². The first-order valence-corrected chi connectivity index (χ1v) is 7.75. The van der Waals surface area contributed by atoms with E-state index in [-0.39, 0.29) is 24.4 Å². The zero-order chi connectivity index (χ0) is 14.3. The second-order valence-electron chi connectivity index (χ2n) is 6.19. The molecule has 3 nitrogen and oxygen atoms in total. The number of amides is 1. The van der Waals surface area contributed by atoms with Crippen LogP contribution in [0.5, 0.6) is 0 Å². The van der Waals surface area contributed by atoms with Crippen LogP contribution in [-0.2, 0) is 0 Å². The SMILES string of the molecule is Cc1cc(Cl)ccc1C(=O)N1CC2CCCC(N)C2C1.Cl. The number of carbonyl (C=O) groups is 1. The summed E-state index contributed by atoms with van der Waals surface area (Å²) >= 11 is 5.96. The van der Waals surface area contributed by atoms with Crippen LogP contribution in [0.25, 0.3) is 0 Å². The Bertz CT molecular complexity index is 535. The maximum atomic E-state index is 12.7. The highest BCUT2D eigenvalue weighted by atomic mass is 35.5. The van der Waals surface area contributed by atoms with E-state index in [0.29, 0.717) is 16.9 Å². The van der Waals surface area contributed by atoms with Crippen LogP contribution < -0.4 is 5.73 Å². The average molecular weight is 329 g/mol. The molecular weight excluding hydrogens is 307 g/mol. The molecule has 1 aliphatic carbocycles. The van der Waals surface area contributed by atoms with E-state index in [1.807, 2.05) is 24.0 Å². The van der Waals surface area contributed by atoms with Crippen molar-refractivity contribution in [1.82, 2.24) is 4.90 Å². The van der Waals surface area contributed by atoms with Gasteiger partial charge in [-0.1, -0.05) is 18.0 Å². The number of likely N-dealkylation sites (tertiary alicyclic amines) is 1. The summed E-state index contributed by atoms with van der Waals surface area (Å²) in [5, 5.41) is 0.677. The van der Waals surface area contributed by atoms with Gasteiger partial charge in [-0.25, -0.2) is 0 Å². The van der Waals surface area contributed by atoms with Crippen molar-refractivity contribution in [3.05, 3.63) is 34.3 Å². The Hall–Kier alpha value is -0.770. The lowest BCUT2D eigenvalue weighted by molar-refractivity contribution is 0.0783. The van der Waals surface area contributed by atoms with E-state index in [1.165, 1.54) is 12.8 Å². The second-order valence-corrected chi connectivity index (χ2v) is 6.62. The van der Waals surface area contributed by atoms with Gasteiger partial charge in [0, 0.05) is 29.7 Å². The molecule has 3 rings (SSSR count). The molecule has 1 aromatic rings. The van der Waals surface area contributed by atoms with Gasteiger partial charge in [0.25, 0.3) is 5.91 Å². The first-order chi connectivity index (χ1) is 9.56. The molecular formula is C16H22Cl2N2O. The Kier molecular flexibility index (Phi) is 5.18. The minimum absolute atomic E-state index is 0. The van der Waals surface area contributed by atoms with Crippen LogP contribution in [-0.4, -0.2) is 29.9 Å². The quantitative estimate of drug-likeness (QED) is 0.859. The van der Waals surface area contributed by atoms with E-state index in [1.54, 1.807) is 6.07 Å². The Balaban J connectivity index is 0.00000161. The Labute approximate surface area is 137 Å². The van der Waals surface area contributed by atoms with Crippen molar-refractivity contribution in [2.24, 2.45) is 17.6 Å². The van der Waals surface area contributed by atoms with Crippen molar-refractivity contribution in [3.8, 4) is 0 Å². The fourth-order valence-electron chi connectivity index (χ4n) is 3.72. The highest BCUT2D eigenvalue weighted by molar-refractivity contribution is 6.30. The van der Waals surface area contributed by atoms with Crippen molar-refractivity contribution >= 4 is 29.9 Å². The van der Waals surface area contributed by atoms with E-state index >= 15 is 0 Å². The van der Waals surface area contributed by atoms with Gasteiger partial charge in [-0.2, -0.15) is 0 Å². The van der Waals surface area contributed by atoms with Gasteiger partial charge < -0.3 is 10.6 Å². The Morgan fingerprint density at radius 1 is 1.33 bits per heavy atom. The molecule has 1 saturated heterocycles. The first kappa shape index (κ1) is 16.6. The molecule has 2 fully saturated rings. The number of carbonyl (C=O) groups excluding carboxylic acids is 1. The van der Waals surface area contributed by atoms with Crippen LogP contribution in [0.15, 0.2) is 18.2 Å². The van der Waals surface area contributed by atoms with E-state index < -0.39 is 0 Å². The van der Waals surface area contributed by atoms with Gasteiger partial charge in [0.05, 0.1) is 0 Å². The van der Waals surface area contributed by atoms with E-state index in [4.69, 9.17) is 17.3 Å². The fraction of sp³-hybridized carbons (Fsp3) is 0.562. The summed E-state index contributed by atoms with van der Waals surface area (Å²) in [5.74, 6) is 1.20. The third kappa shape index (κ3) is 3.20. The molecule has 0 bridgehead atoms. The monoisotopic (exact) mass is 328 g/mol. The fourth-order valence-corrected chi connectivity index (χ4v) is 3.95. The topological polar surface area (TPSA) is 46.3 Å². The van der Waals surface area contributed by atoms with Crippen molar-refractivity contribution in [2.75, 3.05) is 13.1 Å². The smallest absolute Gasteiger partial charge is 0.254 e. The van der Waals surface area contributed by atoms with Crippen LogP contribution >= 0.6 is 24.0 Å². The molecule has 1 heterocycles. The second kappa shape index (κ2) is 6.55. The Morgan fingerprint density at radius 2 is 2.10 bits per heavy atom. The lowest BCUT2D eigenvalue weighted by Gasteiger charge is -2.29. The van der Waals surface area contributed by atoms with Gasteiger partial charge in [0.2, 0.25) is 0 Å². The van der Waals surface area contributed by atoms with Crippen LogP contribution in [0.2, 0.25) is 5.02 Å². The van der Waals surface area contributed by atoms with Gasteiger partial charge in [0.1, 0.15) is 0 Å². The lowest BCUT2D eigenvalue weighted by Crippen LogP contribution is -2.38. The van der Waals surface area contributed by atoms with E-state index in [2.05, 4.69) is 0 Å². The van der Waals surface area contributed by atoms with Crippen molar-refractivity contribution in [2.45, 2.75) is 32.2 Å². The predicted octanol–water partition coefficient (Wildman–Crippen LogP) is 3.27. The zero-order valence-corrected chi connectivity index (χ0v) is 13.8. The van der Waals surface area contributed by atoms with Crippen LogP contribution in [0.3, 0.4) is 0 Å². The molecule has 116 valence electrons. The highest BCUT2D eigenvalue weighted by Gasteiger charge is 2.40. The number of halogens is 2. The van der Waals surface area contributed by atoms with E-state index in [0.717, 1.165) is 30.6 Å².